The predicted molar refractivity (Wildman–Crippen MR) is 121 cm³/mol. The fourth-order valence-corrected chi connectivity index (χ4v) is 6.31. The minimum absolute atomic E-state index is 0.0545. The maximum Gasteiger partial charge on any atom is 0.318 e. The number of hydrogen-bond acceptors (Lipinski definition) is 3. The van der Waals surface area contributed by atoms with E-state index in [0.717, 1.165) is 37.9 Å². The predicted octanol–water partition coefficient (Wildman–Crippen LogP) is 4.47. The van der Waals surface area contributed by atoms with E-state index in [1.54, 1.807) is 0 Å². The third kappa shape index (κ3) is 3.41. The van der Waals surface area contributed by atoms with Gasteiger partial charge >= 0.3 is 6.03 Å². The largest absolute Gasteiger partial charge is 0.394 e. The molecule has 2 aliphatic carbocycles. The zero-order valence-corrected chi connectivity index (χ0v) is 18.1. The molecule has 5 nitrogen and oxygen atoms in total. The van der Waals surface area contributed by atoms with E-state index >= 15 is 0 Å². The van der Waals surface area contributed by atoms with Crippen LogP contribution in [0.15, 0.2) is 24.3 Å². The quantitative estimate of drug-likeness (QED) is 0.774. The van der Waals surface area contributed by atoms with E-state index in [-0.39, 0.29) is 30.6 Å². The number of fused-ring (bicyclic) bond motifs is 3. The number of urea groups is 1. The average molecular weight is 410 g/mol. The lowest BCUT2D eigenvalue weighted by molar-refractivity contribution is 0.158. The molecule has 0 aromatic heterocycles. The molecule has 4 aliphatic rings. The summed E-state index contributed by atoms with van der Waals surface area (Å²) in [5.74, 6) is 0.275. The van der Waals surface area contributed by atoms with Crippen LogP contribution >= 0.6 is 0 Å². The Morgan fingerprint density at radius 1 is 1.17 bits per heavy atom. The number of anilines is 1. The molecule has 3 atom stereocenters. The molecule has 5 rings (SSSR count). The molecule has 2 heterocycles. The number of allylic oxidation sites excluding steroid dienone is 2. The first-order valence-corrected chi connectivity index (χ1v) is 11.9. The van der Waals surface area contributed by atoms with Crippen molar-refractivity contribution in [3.8, 4) is 0 Å². The number of nitrogens with one attached hydrogen (secondary N) is 1. The molecule has 2 aliphatic heterocycles. The average Bonchev–Trinajstić information content (AvgIpc) is 3.44. The van der Waals surface area contributed by atoms with Crippen molar-refractivity contribution in [1.29, 1.82) is 0 Å². The lowest BCUT2D eigenvalue weighted by atomic mass is 9.80. The highest BCUT2D eigenvalue weighted by atomic mass is 16.3. The molecule has 0 spiro atoms. The molecule has 2 fully saturated rings. The van der Waals surface area contributed by atoms with E-state index < -0.39 is 0 Å². The lowest BCUT2D eigenvalue weighted by Gasteiger charge is -2.44. The van der Waals surface area contributed by atoms with Crippen LogP contribution in [0.2, 0.25) is 0 Å². The molecule has 1 saturated heterocycles. The van der Waals surface area contributed by atoms with Crippen molar-refractivity contribution < 1.29 is 9.90 Å². The molecular formula is C25H35N3O2. The Labute approximate surface area is 180 Å². The van der Waals surface area contributed by atoms with Gasteiger partial charge in [0, 0.05) is 31.2 Å². The Kier molecular flexibility index (Phi) is 5.48. The first kappa shape index (κ1) is 19.9. The van der Waals surface area contributed by atoms with Crippen LogP contribution in [0.4, 0.5) is 10.5 Å². The topological polar surface area (TPSA) is 55.8 Å². The van der Waals surface area contributed by atoms with Crippen molar-refractivity contribution in [1.82, 2.24) is 10.2 Å². The highest BCUT2D eigenvalue weighted by Crippen LogP contribution is 2.49. The molecule has 1 aromatic carbocycles. The van der Waals surface area contributed by atoms with Crippen molar-refractivity contribution in [2.24, 2.45) is 5.92 Å². The normalized spacial score (nSPS) is 28.9. The minimum Gasteiger partial charge on any atom is -0.394 e. The number of aliphatic hydroxyl groups is 1. The second-order valence-corrected chi connectivity index (χ2v) is 9.63. The summed E-state index contributed by atoms with van der Waals surface area (Å²) in [4.78, 5) is 17.6. The van der Waals surface area contributed by atoms with Gasteiger partial charge in [-0.05, 0) is 73.8 Å². The molecule has 1 saturated carbocycles. The number of nitrogens with zero attached hydrogens (tertiary/aromatic N) is 2. The number of carbonyl (C=O) groups excluding carboxylic acids is 1. The lowest BCUT2D eigenvalue weighted by Crippen LogP contribution is -2.50. The zero-order chi connectivity index (χ0) is 20.7. The van der Waals surface area contributed by atoms with Gasteiger partial charge in [0.2, 0.25) is 0 Å². The Bertz CT molecular complexity index is 830. The van der Waals surface area contributed by atoms with Gasteiger partial charge in [-0.3, -0.25) is 0 Å². The van der Waals surface area contributed by atoms with E-state index in [1.807, 2.05) is 0 Å². The third-order valence-electron chi connectivity index (χ3n) is 7.95. The molecule has 0 unspecified atom stereocenters. The SMILES string of the molecule is CN1c2ccc(C3=CCCCC3)cc2[C@H]2[C@H](CCN2C(=O)NC2CCCC2)[C@@H]1CO. The summed E-state index contributed by atoms with van der Waals surface area (Å²) in [6.07, 6.45) is 12.8. The van der Waals surface area contributed by atoms with Crippen molar-refractivity contribution in [2.45, 2.75) is 75.9 Å². The van der Waals surface area contributed by atoms with Crippen LogP contribution in [0.5, 0.6) is 0 Å². The highest BCUT2D eigenvalue weighted by Gasteiger charge is 2.48. The second kappa shape index (κ2) is 8.26. The van der Waals surface area contributed by atoms with Gasteiger partial charge in [-0.15, -0.1) is 0 Å². The number of likely N-dealkylation sites (tertiary alicyclic amines) is 1. The molecule has 1 aromatic rings. The molecule has 162 valence electrons. The monoisotopic (exact) mass is 409 g/mol. The second-order valence-electron chi connectivity index (χ2n) is 9.63. The highest BCUT2D eigenvalue weighted by molar-refractivity contribution is 5.77. The van der Waals surface area contributed by atoms with Crippen molar-refractivity contribution >= 4 is 17.3 Å². The first-order valence-electron chi connectivity index (χ1n) is 11.9. The standard InChI is InChI=1S/C25H35N3O2/c1-27-22-12-11-18(17-7-3-2-4-8-17)15-21(22)24-20(23(27)16-29)13-14-28(24)25(30)26-19-9-5-6-10-19/h7,11-12,15,19-20,23-24,29H,2-6,8-10,13-14,16H2,1H3,(H,26,30)/t20-,23+,24-/m1/s1. The molecule has 5 heteroatoms. The van der Waals surface area contributed by atoms with Gasteiger partial charge < -0.3 is 20.2 Å². The van der Waals surface area contributed by atoms with E-state index in [0.29, 0.717) is 6.04 Å². The Morgan fingerprint density at radius 3 is 2.73 bits per heavy atom. The Hall–Kier alpha value is -2.01. The molecule has 0 radical (unpaired) electrons. The summed E-state index contributed by atoms with van der Waals surface area (Å²) in [6, 6.07) is 7.32. The summed E-state index contributed by atoms with van der Waals surface area (Å²) in [7, 11) is 2.09. The number of carbonyl (C=O) groups is 1. The number of amides is 2. The number of benzene rings is 1. The molecule has 2 N–H and O–H groups in total. The van der Waals surface area contributed by atoms with E-state index in [1.165, 1.54) is 48.8 Å². The van der Waals surface area contributed by atoms with Crippen LogP contribution in [0.3, 0.4) is 0 Å². The maximum atomic E-state index is 13.3. The molecular weight excluding hydrogens is 374 g/mol. The fourth-order valence-electron chi connectivity index (χ4n) is 6.31. The van der Waals surface area contributed by atoms with Crippen LogP contribution in [0, 0.1) is 5.92 Å². The van der Waals surface area contributed by atoms with Crippen LogP contribution in [0.1, 0.15) is 75.0 Å². The maximum absolute atomic E-state index is 13.3. The van der Waals surface area contributed by atoms with Crippen LogP contribution in [-0.2, 0) is 0 Å². The summed E-state index contributed by atoms with van der Waals surface area (Å²) in [6.45, 7) is 0.896. The van der Waals surface area contributed by atoms with Gasteiger partial charge in [0.25, 0.3) is 0 Å². The van der Waals surface area contributed by atoms with Crippen molar-refractivity contribution in [2.75, 3.05) is 25.1 Å². The van der Waals surface area contributed by atoms with Crippen molar-refractivity contribution in [3.05, 3.63) is 35.4 Å². The van der Waals surface area contributed by atoms with Crippen LogP contribution < -0.4 is 10.2 Å². The molecule has 30 heavy (non-hydrogen) atoms. The Morgan fingerprint density at radius 2 is 2.00 bits per heavy atom. The van der Waals surface area contributed by atoms with Gasteiger partial charge in [-0.2, -0.15) is 0 Å². The van der Waals surface area contributed by atoms with E-state index in [9.17, 15) is 9.90 Å². The van der Waals surface area contributed by atoms with Gasteiger partial charge in [0.15, 0.2) is 0 Å². The summed E-state index contributed by atoms with van der Waals surface area (Å²) in [5.41, 5.74) is 5.19. The van der Waals surface area contributed by atoms with Crippen molar-refractivity contribution in [3.63, 3.8) is 0 Å². The number of aliphatic hydroxyl groups excluding tert-OH is 1. The summed E-state index contributed by atoms with van der Waals surface area (Å²) < 4.78 is 0. The summed E-state index contributed by atoms with van der Waals surface area (Å²) >= 11 is 0. The van der Waals surface area contributed by atoms with Gasteiger partial charge in [0.05, 0.1) is 18.7 Å². The molecule has 2 amide bonds. The fraction of sp³-hybridized carbons (Fsp3) is 0.640. The van der Waals surface area contributed by atoms with Gasteiger partial charge in [0.1, 0.15) is 0 Å². The van der Waals surface area contributed by atoms with Gasteiger partial charge in [-0.25, -0.2) is 4.79 Å². The van der Waals surface area contributed by atoms with Gasteiger partial charge in [-0.1, -0.05) is 25.0 Å². The molecule has 0 bridgehead atoms. The zero-order valence-electron chi connectivity index (χ0n) is 18.1. The number of rotatable bonds is 3. The Balaban J connectivity index is 1.50. The van der Waals surface area contributed by atoms with E-state index in [2.05, 4.69) is 46.4 Å². The number of hydrogen-bond donors (Lipinski definition) is 2. The smallest absolute Gasteiger partial charge is 0.318 e. The van der Waals surface area contributed by atoms with Crippen LogP contribution in [-0.4, -0.2) is 48.3 Å². The summed E-state index contributed by atoms with van der Waals surface area (Å²) in [5, 5.41) is 13.5. The van der Waals surface area contributed by atoms with E-state index in [4.69, 9.17) is 0 Å². The number of likely N-dealkylation sites (N-methyl/N-ethyl adjacent to an activating group) is 1. The first-order chi connectivity index (χ1) is 14.7. The minimum atomic E-state index is 0.0545. The van der Waals surface area contributed by atoms with Crippen LogP contribution in [0.25, 0.3) is 5.57 Å². The third-order valence-corrected chi connectivity index (χ3v) is 7.95.